The average molecular weight is 299 g/mol. The molecule has 0 atom stereocenters. The van der Waals surface area contributed by atoms with E-state index in [9.17, 15) is 4.39 Å². The van der Waals surface area contributed by atoms with Crippen molar-refractivity contribution in [3.05, 3.63) is 45.6 Å². The Bertz CT molecular complexity index is 615. The van der Waals surface area contributed by atoms with E-state index in [1.165, 1.54) is 18.2 Å². The third-order valence-corrected chi connectivity index (χ3v) is 3.49. The van der Waals surface area contributed by atoms with Gasteiger partial charge >= 0.3 is 0 Å². The number of benzene rings is 1. The molecule has 0 saturated carbocycles. The highest BCUT2D eigenvalue weighted by atomic mass is 35.5. The first-order chi connectivity index (χ1) is 9.02. The number of nitrogens with zero attached hydrogens (tertiary/aromatic N) is 2. The second-order valence-electron chi connectivity index (χ2n) is 4.28. The fourth-order valence-corrected chi connectivity index (χ4v) is 2.20. The van der Waals surface area contributed by atoms with Crippen molar-refractivity contribution in [1.29, 1.82) is 0 Å². The minimum atomic E-state index is -0.356. The maximum atomic E-state index is 13.4. The summed E-state index contributed by atoms with van der Waals surface area (Å²) in [6.07, 6.45) is 1.63. The van der Waals surface area contributed by atoms with Crippen LogP contribution in [0.5, 0.6) is 0 Å². The zero-order valence-corrected chi connectivity index (χ0v) is 12.2. The highest BCUT2D eigenvalue weighted by Crippen LogP contribution is 2.31. The van der Waals surface area contributed by atoms with Crippen molar-refractivity contribution >= 4 is 23.2 Å². The van der Waals surface area contributed by atoms with Crippen molar-refractivity contribution in [2.24, 2.45) is 0 Å². The summed E-state index contributed by atoms with van der Waals surface area (Å²) in [5.74, 6) is 0.291. The van der Waals surface area contributed by atoms with Crippen LogP contribution in [0.4, 0.5) is 4.39 Å². The van der Waals surface area contributed by atoms with Crippen LogP contribution in [0.3, 0.4) is 0 Å². The van der Waals surface area contributed by atoms with Crippen LogP contribution in [-0.4, -0.2) is 9.97 Å². The van der Waals surface area contributed by atoms with Gasteiger partial charge in [-0.05, 0) is 31.5 Å². The number of hydrogen-bond acceptors (Lipinski definition) is 2. The summed E-state index contributed by atoms with van der Waals surface area (Å²) in [5.41, 5.74) is 1.84. The van der Waals surface area contributed by atoms with Crippen molar-refractivity contribution < 1.29 is 4.39 Å². The molecule has 0 aliphatic rings. The number of rotatable bonds is 3. The van der Waals surface area contributed by atoms with Crippen molar-refractivity contribution in [1.82, 2.24) is 9.97 Å². The number of aromatic nitrogens is 2. The van der Waals surface area contributed by atoms with Crippen molar-refractivity contribution in [3.63, 3.8) is 0 Å². The van der Waals surface area contributed by atoms with Gasteiger partial charge in [-0.2, -0.15) is 0 Å². The summed E-state index contributed by atoms with van der Waals surface area (Å²) >= 11 is 12.2. The predicted molar refractivity (Wildman–Crippen MR) is 76.2 cm³/mol. The molecule has 0 fully saturated rings. The van der Waals surface area contributed by atoms with Gasteiger partial charge in [0.15, 0.2) is 0 Å². The fourth-order valence-electron chi connectivity index (χ4n) is 1.81. The van der Waals surface area contributed by atoms with Crippen LogP contribution in [0.2, 0.25) is 10.2 Å². The lowest BCUT2D eigenvalue weighted by molar-refractivity contribution is 0.628. The van der Waals surface area contributed by atoms with Crippen LogP contribution in [0.25, 0.3) is 11.3 Å². The highest BCUT2D eigenvalue weighted by Gasteiger charge is 2.14. The molecule has 1 aromatic heterocycles. The SMILES string of the molecule is CCCc1nc(Cl)c(C)c(-c2cc(F)ccc2Cl)n1. The lowest BCUT2D eigenvalue weighted by atomic mass is 10.1. The maximum Gasteiger partial charge on any atom is 0.136 e. The van der Waals surface area contributed by atoms with Gasteiger partial charge in [0.25, 0.3) is 0 Å². The molecule has 19 heavy (non-hydrogen) atoms. The third kappa shape index (κ3) is 3.04. The molecule has 5 heteroatoms. The Hall–Kier alpha value is -1.19. The summed E-state index contributed by atoms with van der Waals surface area (Å²) in [6, 6.07) is 4.20. The summed E-state index contributed by atoms with van der Waals surface area (Å²) in [4.78, 5) is 8.67. The summed E-state index contributed by atoms with van der Waals surface area (Å²) in [7, 11) is 0. The van der Waals surface area contributed by atoms with Gasteiger partial charge in [0.05, 0.1) is 10.7 Å². The standard InChI is InChI=1S/C14H13Cl2FN2/c1-3-4-12-18-13(8(2)14(16)19-12)10-7-9(17)5-6-11(10)15/h5-7H,3-4H2,1-2H3. The van der Waals surface area contributed by atoms with E-state index >= 15 is 0 Å². The second kappa shape index (κ2) is 5.85. The van der Waals surface area contributed by atoms with E-state index in [1.54, 1.807) is 6.92 Å². The van der Waals surface area contributed by atoms with Gasteiger partial charge in [0.2, 0.25) is 0 Å². The maximum absolute atomic E-state index is 13.4. The monoisotopic (exact) mass is 298 g/mol. The number of aryl methyl sites for hydroxylation is 1. The molecule has 0 spiro atoms. The van der Waals surface area contributed by atoms with Crippen LogP contribution >= 0.6 is 23.2 Å². The Morgan fingerprint density at radius 3 is 2.63 bits per heavy atom. The van der Waals surface area contributed by atoms with Crippen LogP contribution < -0.4 is 0 Å². The van der Waals surface area contributed by atoms with Gasteiger partial charge in [0.1, 0.15) is 16.8 Å². The first kappa shape index (κ1) is 14.2. The molecular formula is C14H13Cl2FN2. The van der Waals surface area contributed by atoms with Gasteiger partial charge < -0.3 is 0 Å². The van der Waals surface area contributed by atoms with E-state index in [1.807, 2.05) is 6.92 Å². The smallest absolute Gasteiger partial charge is 0.136 e. The van der Waals surface area contributed by atoms with E-state index in [0.29, 0.717) is 32.8 Å². The summed E-state index contributed by atoms with van der Waals surface area (Å²) in [6.45, 7) is 3.83. The van der Waals surface area contributed by atoms with Crippen LogP contribution in [0.15, 0.2) is 18.2 Å². The Labute approximate surface area is 121 Å². The molecule has 2 nitrogen and oxygen atoms in total. The molecule has 1 aromatic carbocycles. The topological polar surface area (TPSA) is 25.8 Å². The quantitative estimate of drug-likeness (QED) is 0.757. The third-order valence-electron chi connectivity index (χ3n) is 2.79. The molecular weight excluding hydrogens is 286 g/mol. The van der Waals surface area contributed by atoms with E-state index in [2.05, 4.69) is 9.97 Å². The Morgan fingerprint density at radius 1 is 1.21 bits per heavy atom. The lowest BCUT2D eigenvalue weighted by Gasteiger charge is -2.10. The normalized spacial score (nSPS) is 10.8. The van der Waals surface area contributed by atoms with Crippen molar-refractivity contribution in [2.45, 2.75) is 26.7 Å². The van der Waals surface area contributed by atoms with Gasteiger partial charge in [0, 0.05) is 17.5 Å². The predicted octanol–water partition coefficient (Wildman–Crippen LogP) is 4.85. The summed E-state index contributed by atoms with van der Waals surface area (Å²) in [5, 5.41) is 0.829. The minimum Gasteiger partial charge on any atom is -0.232 e. The van der Waals surface area contributed by atoms with Gasteiger partial charge in [-0.1, -0.05) is 30.1 Å². The van der Waals surface area contributed by atoms with Crippen molar-refractivity contribution in [2.75, 3.05) is 0 Å². The first-order valence-electron chi connectivity index (χ1n) is 6.01. The zero-order valence-electron chi connectivity index (χ0n) is 10.7. The molecule has 0 aliphatic heterocycles. The highest BCUT2D eigenvalue weighted by molar-refractivity contribution is 6.33. The van der Waals surface area contributed by atoms with Crippen molar-refractivity contribution in [3.8, 4) is 11.3 Å². The van der Waals surface area contributed by atoms with E-state index in [0.717, 1.165) is 12.8 Å². The minimum absolute atomic E-state index is 0.356. The Morgan fingerprint density at radius 2 is 1.95 bits per heavy atom. The first-order valence-corrected chi connectivity index (χ1v) is 6.77. The molecule has 0 aliphatic carbocycles. The molecule has 100 valence electrons. The number of hydrogen-bond donors (Lipinski definition) is 0. The summed E-state index contributed by atoms with van der Waals surface area (Å²) < 4.78 is 13.4. The molecule has 2 aromatic rings. The lowest BCUT2D eigenvalue weighted by Crippen LogP contribution is -2.01. The van der Waals surface area contributed by atoms with Crippen LogP contribution in [0.1, 0.15) is 24.7 Å². The Balaban J connectivity index is 2.63. The molecule has 0 radical (unpaired) electrons. The molecule has 0 amide bonds. The largest absolute Gasteiger partial charge is 0.232 e. The van der Waals surface area contributed by atoms with E-state index < -0.39 is 0 Å². The van der Waals surface area contributed by atoms with E-state index in [-0.39, 0.29) is 5.82 Å². The molecule has 0 N–H and O–H groups in total. The molecule has 1 heterocycles. The van der Waals surface area contributed by atoms with Crippen LogP contribution in [0, 0.1) is 12.7 Å². The van der Waals surface area contributed by atoms with Crippen LogP contribution in [-0.2, 0) is 6.42 Å². The second-order valence-corrected chi connectivity index (χ2v) is 5.04. The van der Waals surface area contributed by atoms with E-state index in [4.69, 9.17) is 23.2 Å². The molecule has 0 bridgehead atoms. The van der Waals surface area contributed by atoms with Gasteiger partial charge in [-0.3, -0.25) is 0 Å². The zero-order chi connectivity index (χ0) is 14.0. The van der Waals surface area contributed by atoms with Gasteiger partial charge in [-0.15, -0.1) is 0 Å². The molecule has 2 rings (SSSR count). The Kier molecular flexibility index (Phi) is 4.38. The average Bonchev–Trinajstić information content (AvgIpc) is 2.37. The number of halogens is 3. The van der Waals surface area contributed by atoms with Gasteiger partial charge in [-0.25, -0.2) is 14.4 Å². The molecule has 0 unspecified atom stereocenters. The fraction of sp³-hybridized carbons (Fsp3) is 0.286. The molecule has 0 saturated heterocycles.